The van der Waals surface area contributed by atoms with E-state index in [4.69, 9.17) is 16.3 Å². The molecule has 1 aromatic rings. The number of rotatable bonds is 6. The first-order chi connectivity index (χ1) is 7.67. The smallest absolute Gasteiger partial charge is 0.124 e. The first-order valence-electron chi connectivity index (χ1n) is 5.77. The number of hydrogen-bond donors (Lipinski definition) is 1. The molecule has 0 aliphatic heterocycles. The van der Waals surface area contributed by atoms with Crippen LogP contribution < -0.4 is 10.1 Å². The Morgan fingerprint density at radius 3 is 2.81 bits per heavy atom. The minimum absolute atomic E-state index is 0.252. The molecule has 0 aliphatic rings. The molecule has 1 aromatic carbocycles. The van der Waals surface area contributed by atoms with Crippen LogP contribution >= 0.6 is 11.6 Å². The molecule has 16 heavy (non-hydrogen) atoms. The third kappa shape index (κ3) is 4.03. The maximum atomic E-state index is 5.97. The quantitative estimate of drug-likeness (QED) is 0.821. The SMILES string of the molecule is CCCC(C)Oc1ccc(Cl)cc1CNC. The summed E-state index contributed by atoms with van der Waals surface area (Å²) in [7, 11) is 1.92. The van der Waals surface area contributed by atoms with Gasteiger partial charge in [0, 0.05) is 17.1 Å². The average molecular weight is 242 g/mol. The Kier molecular flexibility index (Phi) is 5.64. The number of halogens is 1. The largest absolute Gasteiger partial charge is 0.490 e. The Morgan fingerprint density at radius 2 is 2.19 bits per heavy atom. The fourth-order valence-electron chi connectivity index (χ4n) is 1.67. The van der Waals surface area contributed by atoms with Gasteiger partial charge in [0.25, 0.3) is 0 Å². The van der Waals surface area contributed by atoms with Crippen molar-refractivity contribution in [1.82, 2.24) is 5.32 Å². The van der Waals surface area contributed by atoms with Gasteiger partial charge in [-0.2, -0.15) is 0 Å². The normalized spacial score (nSPS) is 12.5. The molecule has 1 N–H and O–H groups in total. The fourth-order valence-corrected chi connectivity index (χ4v) is 1.87. The molecule has 0 bridgehead atoms. The zero-order valence-corrected chi connectivity index (χ0v) is 11.0. The lowest BCUT2D eigenvalue weighted by atomic mass is 10.2. The van der Waals surface area contributed by atoms with Crippen molar-refractivity contribution >= 4 is 11.6 Å². The highest BCUT2D eigenvalue weighted by atomic mass is 35.5. The Labute approximate surface area is 103 Å². The topological polar surface area (TPSA) is 21.3 Å². The van der Waals surface area contributed by atoms with Crippen LogP contribution in [-0.4, -0.2) is 13.2 Å². The third-order valence-electron chi connectivity index (χ3n) is 2.41. The van der Waals surface area contributed by atoms with E-state index < -0.39 is 0 Å². The van der Waals surface area contributed by atoms with Gasteiger partial charge in [0.2, 0.25) is 0 Å². The van der Waals surface area contributed by atoms with Gasteiger partial charge in [-0.3, -0.25) is 0 Å². The summed E-state index contributed by atoms with van der Waals surface area (Å²) >= 11 is 5.97. The molecule has 2 nitrogen and oxygen atoms in total. The van der Waals surface area contributed by atoms with Crippen LogP contribution in [0, 0.1) is 0 Å². The monoisotopic (exact) mass is 241 g/mol. The van der Waals surface area contributed by atoms with Gasteiger partial charge in [-0.15, -0.1) is 0 Å². The second kappa shape index (κ2) is 6.77. The van der Waals surface area contributed by atoms with E-state index in [0.717, 1.165) is 35.7 Å². The highest BCUT2D eigenvalue weighted by Crippen LogP contribution is 2.24. The van der Waals surface area contributed by atoms with Gasteiger partial charge in [0.15, 0.2) is 0 Å². The molecule has 0 heterocycles. The first kappa shape index (κ1) is 13.3. The van der Waals surface area contributed by atoms with Crippen molar-refractivity contribution in [2.45, 2.75) is 39.3 Å². The molecule has 1 unspecified atom stereocenters. The van der Waals surface area contributed by atoms with Crippen molar-refractivity contribution < 1.29 is 4.74 Å². The minimum Gasteiger partial charge on any atom is -0.490 e. The molecular formula is C13H20ClNO. The summed E-state index contributed by atoms with van der Waals surface area (Å²) in [6, 6.07) is 5.77. The Balaban J connectivity index is 2.77. The predicted octanol–water partition coefficient (Wildman–Crippen LogP) is 3.63. The van der Waals surface area contributed by atoms with E-state index in [-0.39, 0.29) is 6.10 Å². The van der Waals surface area contributed by atoms with Crippen LogP contribution in [0.5, 0.6) is 5.75 Å². The number of hydrogen-bond acceptors (Lipinski definition) is 2. The second-order valence-corrected chi connectivity index (χ2v) is 4.44. The van der Waals surface area contributed by atoms with E-state index in [0.29, 0.717) is 0 Å². The van der Waals surface area contributed by atoms with Crippen molar-refractivity contribution in [1.29, 1.82) is 0 Å². The van der Waals surface area contributed by atoms with E-state index in [2.05, 4.69) is 19.2 Å². The van der Waals surface area contributed by atoms with E-state index in [1.165, 1.54) is 0 Å². The predicted molar refractivity (Wildman–Crippen MR) is 69.2 cm³/mol. The van der Waals surface area contributed by atoms with Crippen molar-refractivity contribution in [3.8, 4) is 5.75 Å². The van der Waals surface area contributed by atoms with Gasteiger partial charge >= 0.3 is 0 Å². The van der Waals surface area contributed by atoms with E-state index in [1.54, 1.807) is 0 Å². The zero-order valence-electron chi connectivity index (χ0n) is 10.2. The molecule has 0 saturated heterocycles. The second-order valence-electron chi connectivity index (χ2n) is 4.00. The van der Waals surface area contributed by atoms with Crippen molar-refractivity contribution in [2.24, 2.45) is 0 Å². The van der Waals surface area contributed by atoms with Crippen LogP contribution in [0.15, 0.2) is 18.2 Å². The molecule has 0 amide bonds. The molecule has 0 fully saturated rings. The molecule has 0 aliphatic carbocycles. The van der Waals surface area contributed by atoms with Crippen LogP contribution in [-0.2, 0) is 6.54 Å². The molecular weight excluding hydrogens is 222 g/mol. The lowest BCUT2D eigenvalue weighted by Crippen LogP contribution is -2.14. The van der Waals surface area contributed by atoms with Gasteiger partial charge in [-0.1, -0.05) is 24.9 Å². The standard InChI is InChI=1S/C13H20ClNO/c1-4-5-10(2)16-13-7-6-12(14)8-11(13)9-15-3/h6-8,10,15H,4-5,9H2,1-3H3. The summed E-state index contributed by atoms with van der Waals surface area (Å²) in [4.78, 5) is 0. The van der Waals surface area contributed by atoms with Crippen molar-refractivity contribution in [2.75, 3.05) is 7.05 Å². The van der Waals surface area contributed by atoms with Crippen LogP contribution in [0.1, 0.15) is 32.3 Å². The van der Waals surface area contributed by atoms with Crippen LogP contribution in [0.3, 0.4) is 0 Å². The average Bonchev–Trinajstić information content (AvgIpc) is 2.23. The molecule has 3 heteroatoms. The highest BCUT2D eigenvalue weighted by Gasteiger charge is 2.08. The summed E-state index contributed by atoms with van der Waals surface area (Å²) in [5.74, 6) is 0.930. The Morgan fingerprint density at radius 1 is 1.44 bits per heavy atom. The molecule has 1 rings (SSSR count). The summed E-state index contributed by atoms with van der Waals surface area (Å²) in [6.45, 7) is 5.03. The summed E-state index contributed by atoms with van der Waals surface area (Å²) in [5, 5.41) is 3.87. The van der Waals surface area contributed by atoms with Crippen molar-refractivity contribution in [3.63, 3.8) is 0 Å². The van der Waals surface area contributed by atoms with E-state index in [1.807, 2.05) is 25.2 Å². The highest BCUT2D eigenvalue weighted by molar-refractivity contribution is 6.30. The molecule has 0 spiro atoms. The molecule has 0 saturated carbocycles. The Hall–Kier alpha value is -0.730. The molecule has 90 valence electrons. The van der Waals surface area contributed by atoms with Crippen molar-refractivity contribution in [3.05, 3.63) is 28.8 Å². The Bertz CT molecular complexity index is 328. The van der Waals surface area contributed by atoms with Gasteiger partial charge in [0.1, 0.15) is 5.75 Å². The molecule has 1 atom stereocenters. The summed E-state index contributed by atoms with van der Waals surface area (Å²) in [5.41, 5.74) is 1.11. The summed E-state index contributed by atoms with van der Waals surface area (Å²) in [6.07, 6.45) is 2.46. The molecule has 0 radical (unpaired) electrons. The van der Waals surface area contributed by atoms with Crippen LogP contribution in [0.4, 0.5) is 0 Å². The molecule has 0 aromatic heterocycles. The lowest BCUT2D eigenvalue weighted by molar-refractivity contribution is 0.207. The van der Waals surface area contributed by atoms with Crippen LogP contribution in [0.2, 0.25) is 5.02 Å². The zero-order chi connectivity index (χ0) is 12.0. The lowest BCUT2D eigenvalue weighted by Gasteiger charge is -2.17. The van der Waals surface area contributed by atoms with Crippen LogP contribution in [0.25, 0.3) is 0 Å². The fraction of sp³-hybridized carbons (Fsp3) is 0.538. The van der Waals surface area contributed by atoms with E-state index >= 15 is 0 Å². The number of benzene rings is 1. The third-order valence-corrected chi connectivity index (χ3v) is 2.65. The first-order valence-corrected chi connectivity index (χ1v) is 6.14. The summed E-state index contributed by atoms with van der Waals surface area (Å²) < 4.78 is 5.89. The van der Waals surface area contributed by atoms with Gasteiger partial charge < -0.3 is 10.1 Å². The number of ether oxygens (including phenoxy) is 1. The van der Waals surface area contributed by atoms with E-state index in [9.17, 15) is 0 Å². The maximum Gasteiger partial charge on any atom is 0.124 e. The van der Waals surface area contributed by atoms with Gasteiger partial charge in [0.05, 0.1) is 6.10 Å². The number of nitrogens with one attached hydrogen (secondary N) is 1. The minimum atomic E-state index is 0.252. The van der Waals surface area contributed by atoms with Gasteiger partial charge in [-0.05, 0) is 38.6 Å². The van der Waals surface area contributed by atoms with Gasteiger partial charge in [-0.25, -0.2) is 0 Å². The maximum absolute atomic E-state index is 5.97.